The normalized spacial score (nSPS) is 23.1. The van der Waals surface area contributed by atoms with Gasteiger partial charge in [-0.3, -0.25) is 4.79 Å². The molecule has 162 valence electrons. The van der Waals surface area contributed by atoms with E-state index in [0.29, 0.717) is 11.8 Å². The van der Waals surface area contributed by atoms with E-state index < -0.39 is 22.1 Å². The van der Waals surface area contributed by atoms with E-state index in [9.17, 15) is 18.0 Å². The van der Waals surface area contributed by atoms with Gasteiger partial charge in [-0.25, -0.2) is 17.9 Å². The second-order valence-corrected chi connectivity index (χ2v) is 9.36. The third-order valence-electron chi connectivity index (χ3n) is 5.65. The van der Waals surface area contributed by atoms with E-state index in [1.807, 2.05) is 0 Å². The summed E-state index contributed by atoms with van der Waals surface area (Å²) < 4.78 is 36.8. The lowest BCUT2D eigenvalue weighted by atomic mass is 9.78. The Labute approximate surface area is 172 Å². The molecule has 0 aromatic heterocycles. The molecule has 8 nitrogen and oxygen atoms in total. The lowest BCUT2D eigenvalue weighted by Crippen LogP contribution is -2.47. The molecule has 1 aromatic carbocycles. The van der Waals surface area contributed by atoms with Gasteiger partial charge in [0, 0.05) is 6.04 Å². The van der Waals surface area contributed by atoms with Gasteiger partial charge >= 0.3 is 5.97 Å². The molecule has 2 N–H and O–H groups in total. The number of hydrogen-bond acceptors (Lipinski definition) is 6. The monoisotopic (exact) mass is 426 g/mol. The van der Waals surface area contributed by atoms with Crippen LogP contribution in [0.15, 0.2) is 23.1 Å². The van der Waals surface area contributed by atoms with Crippen LogP contribution in [0.2, 0.25) is 0 Å². The molecule has 1 aliphatic rings. The SMILES string of the molecule is CNS(=O)(=O)c1cc(C(=O)O[C@H](C)C(=O)N[C@@H]2CCC[C@@H](C)[C@H]2C)ccc1OC. The first-order chi connectivity index (χ1) is 13.6. The lowest BCUT2D eigenvalue weighted by Gasteiger charge is -2.35. The topological polar surface area (TPSA) is 111 Å². The Morgan fingerprint density at radius 2 is 1.90 bits per heavy atom. The largest absolute Gasteiger partial charge is 0.495 e. The van der Waals surface area contributed by atoms with E-state index in [2.05, 4.69) is 23.9 Å². The van der Waals surface area contributed by atoms with Gasteiger partial charge in [0.2, 0.25) is 10.0 Å². The molecule has 2 rings (SSSR count). The highest BCUT2D eigenvalue weighted by atomic mass is 32.2. The van der Waals surface area contributed by atoms with Crippen molar-refractivity contribution in [1.82, 2.24) is 10.0 Å². The van der Waals surface area contributed by atoms with Crippen molar-refractivity contribution >= 4 is 21.9 Å². The van der Waals surface area contributed by atoms with Crippen LogP contribution in [0.1, 0.15) is 50.4 Å². The molecular weight excluding hydrogens is 396 g/mol. The van der Waals surface area contributed by atoms with Gasteiger partial charge in [0.05, 0.1) is 12.7 Å². The zero-order valence-corrected chi connectivity index (χ0v) is 18.3. The molecule has 1 amide bonds. The van der Waals surface area contributed by atoms with Crippen LogP contribution < -0.4 is 14.8 Å². The molecular formula is C20H30N2O6S. The number of ether oxygens (including phenoxy) is 2. The lowest BCUT2D eigenvalue weighted by molar-refractivity contribution is -0.130. The summed E-state index contributed by atoms with van der Waals surface area (Å²) in [6.45, 7) is 5.79. The van der Waals surface area contributed by atoms with Crippen LogP contribution in [0.5, 0.6) is 5.75 Å². The summed E-state index contributed by atoms with van der Waals surface area (Å²) in [5.41, 5.74) is 0.0129. The van der Waals surface area contributed by atoms with Crippen LogP contribution in [0.3, 0.4) is 0 Å². The van der Waals surface area contributed by atoms with E-state index in [-0.39, 0.29) is 28.2 Å². The fraction of sp³-hybridized carbons (Fsp3) is 0.600. The van der Waals surface area contributed by atoms with Crippen molar-refractivity contribution in [2.45, 2.75) is 57.1 Å². The maximum absolute atomic E-state index is 12.5. The van der Waals surface area contributed by atoms with Crippen LogP contribution >= 0.6 is 0 Å². The van der Waals surface area contributed by atoms with E-state index in [4.69, 9.17) is 9.47 Å². The fourth-order valence-corrected chi connectivity index (χ4v) is 4.41. The summed E-state index contributed by atoms with van der Waals surface area (Å²) in [6.07, 6.45) is 2.10. The third kappa shape index (κ3) is 5.48. The Morgan fingerprint density at radius 1 is 1.21 bits per heavy atom. The van der Waals surface area contributed by atoms with Gasteiger partial charge in [0.1, 0.15) is 10.6 Å². The first kappa shape index (κ1) is 23.2. The van der Waals surface area contributed by atoms with Gasteiger partial charge in [-0.2, -0.15) is 0 Å². The summed E-state index contributed by atoms with van der Waals surface area (Å²) in [5.74, 6) is -0.166. The quantitative estimate of drug-likeness (QED) is 0.646. The van der Waals surface area contributed by atoms with E-state index in [0.717, 1.165) is 19.3 Å². The minimum absolute atomic E-state index is 0.0129. The zero-order chi connectivity index (χ0) is 21.8. The van der Waals surface area contributed by atoms with E-state index in [1.165, 1.54) is 39.3 Å². The van der Waals surface area contributed by atoms with Gasteiger partial charge in [-0.05, 0) is 50.4 Å². The number of hydrogen-bond donors (Lipinski definition) is 2. The second-order valence-electron chi connectivity index (χ2n) is 7.50. The molecule has 0 heterocycles. The first-order valence-corrected chi connectivity index (χ1v) is 11.2. The Morgan fingerprint density at radius 3 is 2.52 bits per heavy atom. The van der Waals surface area contributed by atoms with Crippen LogP contribution in [-0.4, -0.2) is 46.6 Å². The van der Waals surface area contributed by atoms with Gasteiger partial charge in [0.25, 0.3) is 5.91 Å². The molecule has 4 atom stereocenters. The molecule has 0 spiro atoms. The number of carbonyl (C=O) groups excluding carboxylic acids is 2. The first-order valence-electron chi connectivity index (χ1n) is 9.73. The Hall–Kier alpha value is -2.13. The zero-order valence-electron chi connectivity index (χ0n) is 17.5. The summed E-state index contributed by atoms with van der Waals surface area (Å²) in [5, 5.41) is 2.98. The van der Waals surface area contributed by atoms with E-state index >= 15 is 0 Å². The van der Waals surface area contributed by atoms with Crippen LogP contribution in [-0.2, 0) is 19.6 Å². The van der Waals surface area contributed by atoms with Gasteiger partial charge in [0.15, 0.2) is 6.10 Å². The molecule has 29 heavy (non-hydrogen) atoms. The van der Waals surface area contributed by atoms with Gasteiger partial charge in [-0.1, -0.05) is 26.7 Å². The standard InChI is InChI=1S/C20H30N2O6S/c1-12-7-6-8-16(13(12)2)22-19(23)14(3)28-20(24)15-9-10-17(27-5)18(11-15)29(25,26)21-4/h9-14,16,21H,6-8H2,1-5H3,(H,22,23)/t12-,13-,14-,16-/m1/s1. The number of methoxy groups -OCH3 is 1. The molecule has 1 fully saturated rings. The summed E-state index contributed by atoms with van der Waals surface area (Å²) in [7, 11) is -1.24. The Kier molecular flexibility index (Phi) is 7.65. The van der Waals surface area contributed by atoms with Crippen molar-refractivity contribution in [2.24, 2.45) is 11.8 Å². The highest BCUT2D eigenvalue weighted by Gasteiger charge is 2.30. The van der Waals surface area contributed by atoms with Crippen LogP contribution in [0.25, 0.3) is 0 Å². The summed E-state index contributed by atoms with van der Waals surface area (Å²) in [4.78, 5) is 24.8. The highest BCUT2D eigenvalue weighted by Crippen LogP contribution is 2.29. The molecule has 0 unspecified atom stereocenters. The van der Waals surface area contributed by atoms with Crippen molar-refractivity contribution in [3.05, 3.63) is 23.8 Å². The summed E-state index contributed by atoms with van der Waals surface area (Å²) in [6, 6.07) is 3.99. The number of amides is 1. The predicted octanol–water partition coefficient (Wildman–Crippen LogP) is 2.09. The van der Waals surface area contributed by atoms with E-state index in [1.54, 1.807) is 0 Å². The maximum atomic E-state index is 12.5. The molecule has 0 aliphatic heterocycles. The molecule has 0 saturated heterocycles. The van der Waals surface area contributed by atoms with Gasteiger partial charge in [-0.15, -0.1) is 0 Å². The number of sulfonamides is 1. The second kappa shape index (κ2) is 9.58. The average molecular weight is 427 g/mol. The highest BCUT2D eigenvalue weighted by molar-refractivity contribution is 7.89. The van der Waals surface area contributed by atoms with Crippen molar-refractivity contribution in [2.75, 3.05) is 14.2 Å². The van der Waals surface area contributed by atoms with Crippen molar-refractivity contribution in [3.63, 3.8) is 0 Å². The van der Waals surface area contributed by atoms with Crippen LogP contribution in [0, 0.1) is 11.8 Å². The molecule has 1 aromatic rings. The van der Waals surface area contributed by atoms with Gasteiger partial charge < -0.3 is 14.8 Å². The molecule has 1 saturated carbocycles. The molecule has 9 heteroatoms. The number of nitrogens with one attached hydrogen (secondary N) is 2. The van der Waals surface area contributed by atoms with Crippen LogP contribution in [0.4, 0.5) is 0 Å². The number of esters is 1. The minimum Gasteiger partial charge on any atom is -0.495 e. The number of benzene rings is 1. The van der Waals surface area contributed by atoms with Crippen molar-refractivity contribution in [3.8, 4) is 5.75 Å². The third-order valence-corrected chi connectivity index (χ3v) is 7.08. The number of rotatable bonds is 7. The summed E-state index contributed by atoms with van der Waals surface area (Å²) >= 11 is 0. The Balaban J connectivity index is 2.09. The molecule has 0 bridgehead atoms. The molecule has 1 aliphatic carbocycles. The number of carbonyl (C=O) groups is 2. The average Bonchev–Trinajstić information content (AvgIpc) is 2.70. The maximum Gasteiger partial charge on any atom is 0.338 e. The molecule has 0 radical (unpaired) electrons. The van der Waals surface area contributed by atoms with Crippen molar-refractivity contribution < 1.29 is 27.5 Å². The van der Waals surface area contributed by atoms with Crippen molar-refractivity contribution in [1.29, 1.82) is 0 Å². The fourth-order valence-electron chi connectivity index (χ4n) is 3.49. The minimum atomic E-state index is -3.83. The Bertz CT molecular complexity index is 855. The smallest absolute Gasteiger partial charge is 0.338 e. The predicted molar refractivity (Wildman–Crippen MR) is 108 cm³/mol.